The summed E-state index contributed by atoms with van der Waals surface area (Å²) in [4.78, 5) is 0. The van der Waals surface area contributed by atoms with Crippen LogP contribution in [0.25, 0.3) is 0 Å². The van der Waals surface area contributed by atoms with Gasteiger partial charge in [-0.2, -0.15) is 0 Å². The quantitative estimate of drug-likeness (QED) is 0.154. The first-order chi connectivity index (χ1) is 21.4. The first-order valence-electron chi connectivity index (χ1n) is 18.1. The minimum atomic E-state index is -2.87. The third-order valence-corrected chi connectivity index (χ3v) is 15.0. The van der Waals surface area contributed by atoms with Crippen LogP contribution in [0.1, 0.15) is 173 Å². The van der Waals surface area contributed by atoms with Gasteiger partial charge in [0.1, 0.15) is 0 Å². The van der Waals surface area contributed by atoms with E-state index in [4.69, 9.17) is 0 Å². The zero-order valence-corrected chi connectivity index (χ0v) is 32.9. The summed E-state index contributed by atoms with van der Waals surface area (Å²) < 4.78 is 0. The monoisotopic (exact) mass is 631 g/mol. The van der Waals surface area contributed by atoms with Crippen LogP contribution in [0.15, 0.2) is 78.4 Å². The zero-order valence-electron chi connectivity index (χ0n) is 31.9. The van der Waals surface area contributed by atoms with Gasteiger partial charge >= 0.3 is 0 Å². The van der Waals surface area contributed by atoms with Crippen molar-refractivity contribution in [3.8, 4) is 0 Å². The molecule has 1 heteroatoms. The van der Waals surface area contributed by atoms with Crippen LogP contribution in [0.2, 0.25) is 0 Å². The Kier molecular flexibility index (Phi) is 10.9. The van der Waals surface area contributed by atoms with E-state index < -0.39 is 8.07 Å². The van der Waals surface area contributed by atoms with E-state index in [0.29, 0.717) is 35.5 Å². The lowest BCUT2D eigenvalue weighted by Gasteiger charge is -2.43. The van der Waals surface area contributed by atoms with E-state index in [0.717, 1.165) is 0 Å². The Morgan fingerprint density at radius 1 is 0.413 bits per heavy atom. The molecule has 0 heterocycles. The molecule has 3 aromatic carbocycles. The fraction of sp³-hybridized carbons (Fsp3) is 0.489. The topological polar surface area (TPSA) is 0 Å². The van der Waals surface area contributed by atoms with E-state index in [-0.39, 0.29) is 5.41 Å². The summed E-state index contributed by atoms with van der Waals surface area (Å²) in [5.74, 6) is 2.71. The van der Waals surface area contributed by atoms with Gasteiger partial charge in [0, 0.05) is 5.54 Å². The SMILES string of the molecule is CC(C)c1cc(C(C)C)cc([Si]([C]2C=CC=C2C(C)(C)C)(c2cc(C(C)C)cc(C(C)C)c2)c2cc(C(C)C)cc(C(C)C)c2)c1. The summed E-state index contributed by atoms with van der Waals surface area (Å²) in [7, 11) is -2.87. The second-order valence-electron chi connectivity index (χ2n) is 16.9. The van der Waals surface area contributed by atoms with Gasteiger partial charge in [-0.25, -0.2) is 0 Å². The zero-order chi connectivity index (χ0) is 34.3. The first kappa shape index (κ1) is 36.2. The minimum absolute atomic E-state index is 0.0146. The van der Waals surface area contributed by atoms with Crippen molar-refractivity contribution in [3.63, 3.8) is 0 Å². The van der Waals surface area contributed by atoms with Gasteiger partial charge in [-0.15, -0.1) is 0 Å². The summed E-state index contributed by atoms with van der Waals surface area (Å²) >= 11 is 0. The van der Waals surface area contributed by atoms with Crippen LogP contribution in [0, 0.1) is 11.0 Å². The summed E-state index contributed by atoms with van der Waals surface area (Å²) in [6.07, 6.45) is 7.29. The molecule has 0 bridgehead atoms. The first-order valence-corrected chi connectivity index (χ1v) is 20.1. The van der Waals surface area contributed by atoms with Crippen LogP contribution in [-0.4, -0.2) is 8.07 Å². The number of hydrogen-bond acceptors (Lipinski definition) is 0. The van der Waals surface area contributed by atoms with Crippen LogP contribution >= 0.6 is 0 Å². The molecule has 1 aliphatic carbocycles. The summed E-state index contributed by atoms with van der Waals surface area (Å²) in [6, 6.07) is 23.2. The van der Waals surface area contributed by atoms with Gasteiger partial charge in [-0.1, -0.05) is 182 Å². The van der Waals surface area contributed by atoms with Crippen molar-refractivity contribution < 1.29 is 0 Å². The highest BCUT2D eigenvalue weighted by Crippen LogP contribution is 2.43. The summed E-state index contributed by atoms with van der Waals surface area (Å²) in [6.45, 7) is 35.6. The molecule has 0 aliphatic heterocycles. The molecular formula is C45H63Si. The van der Waals surface area contributed by atoms with Gasteiger partial charge in [0.05, 0.1) is 0 Å². The van der Waals surface area contributed by atoms with Crippen molar-refractivity contribution in [1.82, 2.24) is 0 Å². The van der Waals surface area contributed by atoms with Crippen LogP contribution in [0.4, 0.5) is 0 Å². The predicted molar refractivity (Wildman–Crippen MR) is 208 cm³/mol. The van der Waals surface area contributed by atoms with Gasteiger partial charge in [0.15, 0.2) is 8.07 Å². The molecule has 3 aromatic rings. The molecule has 247 valence electrons. The maximum Gasteiger partial charge on any atom is 0.163 e. The van der Waals surface area contributed by atoms with Gasteiger partial charge < -0.3 is 0 Å². The molecule has 0 saturated carbocycles. The molecule has 0 N–H and O–H groups in total. The van der Waals surface area contributed by atoms with Crippen molar-refractivity contribution in [1.29, 1.82) is 0 Å². The Hall–Kier alpha value is -2.64. The number of allylic oxidation sites excluding steroid dienone is 4. The maximum absolute atomic E-state index is 2.87. The Morgan fingerprint density at radius 3 is 0.891 bits per heavy atom. The molecule has 4 rings (SSSR count). The van der Waals surface area contributed by atoms with Crippen LogP contribution in [-0.2, 0) is 0 Å². The van der Waals surface area contributed by atoms with Crippen LogP contribution in [0.5, 0.6) is 0 Å². The van der Waals surface area contributed by atoms with Crippen molar-refractivity contribution in [2.75, 3.05) is 0 Å². The Balaban J connectivity index is 2.37. The molecule has 0 aromatic heterocycles. The smallest absolute Gasteiger partial charge is 0.0750 e. The van der Waals surface area contributed by atoms with Crippen molar-refractivity contribution in [2.24, 2.45) is 5.41 Å². The third-order valence-electron chi connectivity index (χ3n) is 10.3. The van der Waals surface area contributed by atoms with Crippen LogP contribution < -0.4 is 15.6 Å². The molecule has 0 unspecified atom stereocenters. The summed E-state index contributed by atoms with van der Waals surface area (Å²) in [5, 5.41) is 4.60. The minimum Gasteiger partial charge on any atom is -0.0750 e. The lowest BCUT2D eigenvalue weighted by Crippen LogP contribution is -2.71. The summed E-state index contributed by atoms with van der Waals surface area (Å²) in [5.41, 5.74) is 11.8. The molecule has 0 amide bonds. The molecule has 46 heavy (non-hydrogen) atoms. The van der Waals surface area contributed by atoms with Gasteiger partial charge in [0.25, 0.3) is 0 Å². The van der Waals surface area contributed by atoms with E-state index in [1.54, 1.807) is 5.54 Å². The number of rotatable bonds is 10. The van der Waals surface area contributed by atoms with Gasteiger partial charge in [0.2, 0.25) is 0 Å². The standard InChI is InChI=1S/C45H63Si/c1-28(2)34-19-35(29(3)4)23-40(22-34)46(44-18-16-17-43(44)45(13,14)15,41-24-36(30(5)6)20-37(25-41)31(7)8)42-26-38(32(9)10)21-39(27-42)33(11)12/h16-33H,1-15H3. The highest BCUT2D eigenvalue weighted by Gasteiger charge is 2.51. The molecule has 0 spiro atoms. The largest absolute Gasteiger partial charge is 0.163 e. The lowest BCUT2D eigenvalue weighted by molar-refractivity contribution is 0.509. The molecular weight excluding hydrogens is 569 g/mol. The maximum atomic E-state index is 2.62. The third kappa shape index (κ3) is 7.11. The molecule has 1 radical (unpaired) electrons. The fourth-order valence-corrected chi connectivity index (χ4v) is 12.5. The second kappa shape index (κ2) is 13.8. The molecule has 0 fully saturated rings. The van der Waals surface area contributed by atoms with Crippen molar-refractivity contribution in [3.05, 3.63) is 117 Å². The molecule has 0 nitrogen and oxygen atoms in total. The highest BCUT2D eigenvalue weighted by molar-refractivity contribution is 7.16. The van der Waals surface area contributed by atoms with E-state index >= 15 is 0 Å². The predicted octanol–water partition coefficient (Wildman–Crippen LogP) is 11.6. The second-order valence-corrected chi connectivity index (χ2v) is 20.7. The van der Waals surface area contributed by atoms with Crippen molar-refractivity contribution >= 4 is 23.6 Å². The van der Waals surface area contributed by atoms with Gasteiger partial charge in [-0.3, -0.25) is 0 Å². The fourth-order valence-electron chi connectivity index (χ4n) is 7.05. The van der Waals surface area contributed by atoms with Crippen LogP contribution in [0.3, 0.4) is 0 Å². The molecule has 0 saturated heterocycles. The Bertz CT molecular complexity index is 1350. The van der Waals surface area contributed by atoms with Crippen molar-refractivity contribution in [2.45, 2.75) is 139 Å². The normalized spacial score (nSPS) is 14.7. The molecule has 0 atom stereocenters. The average Bonchev–Trinajstić information content (AvgIpc) is 3.48. The van der Waals surface area contributed by atoms with E-state index in [9.17, 15) is 0 Å². The average molecular weight is 632 g/mol. The number of hydrogen-bond donors (Lipinski definition) is 0. The Morgan fingerprint density at radius 2 is 0.674 bits per heavy atom. The lowest BCUT2D eigenvalue weighted by atomic mass is 9.85. The number of benzene rings is 3. The Labute approximate surface area is 284 Å². The highest BCUT2D eigenvalue weighted by atomic mass is 28.3. The van der Waals surface area contributed by atoms with E-state index in [1.165, 1.54) is 54.5 Å². The van der Waals surface area contributed by atoms with Gasteiger partial charge in [-0.05, 0) is 89.9 Å². The van der Waals surface area contributed by atoms with E-state index in [1.807, 2.05) is 0 Å². The molecule has 1 aliphatic rings. The van der Waals surface area contributed by atoms with E-state index in [2.05, 4.69) is 177 Å².